The molecular weight excluding hydrogens is 248 g/mol. The van der Waals surface area contributed by atoms with Crippen molar-refractivity contribution in [3.8, 4) is 0 Å². The summed E-state index contributed by atoms with van der Waals surface area (Å²) in [7, 11) is 0. The van der Waals surface area contributed by atoms with E-state index in [0.717, 1.165) is 13.0 Å². The van der Waals surface area contributed by atoms with Gasteiger partial charge in [0.1, 0.15) is 0 Å². The third-order valence-corrected chi connectivity index (χ3v) is 4.31. The van der Waals surface area contributed by atoms with Crippen LogP contribution in [0.1, 0.15) is 50.3 Å². The molecule has 2 unspecified atom stereocenters. The first-order valence-electron chi connectivity index (χ1n) is 7.70. The number of benzene rings is 1. The van der Waals surface area contributed by atoms with Crippen molar-refractivity contribution in [3.05, 3.63) is 35.4 Å². The Hall–Kier alpha value is -1.35. The van der Waals surface area contributed by atoms with Crippen LogP contribution >= 0.6 is 0 Å². The second-order valence-corrected chi connectivity index (χ2v) is 5.95. The van der Waals surface area contributed by atoms with Gasteiger partial charge in [-0.05, 0) is 44.7 Å². The molecule has 1 heterocycles. The highest BCUT2D eigenvalue weighted by Gasteiger charge is 2.26. The molecule has 0 bridgehead atoms. The topological polar surface area (TPSA) is 41.1 Å². The van der Waals surface area contributed by atoms with Crippen molar-refractivity contribution in [2.24, 2.45) is 5.92 Å². The Morgan fingerprint density at radius 1 is 1.50 bits per heavy atom. The van der Waals surface area contributed by atoms with Gasteiger partial charge in [-0.3, -0.25) is 4.79 Å². The number of hydrogen-bond acceptors (Lipinski definition) is 2. The van der Waals surface area contributed by atoms with Crippen LogP contribution in [0.3, 0.4) is 0 Å². The number of piperidine rings is 1. The van der Waals surface area contributed by atoms with E-state index in [4.69, 9.17) is 0 Å². The molecule has 2 N–H and O–H groups in total. The van der Waals surface area contributed by atoms with E-state index in [1.807, 2.05) is 13.0 Å². The number of amides is 1. The summed E-state index contributed by atoms with van der Waals surface area (Å²) >= 11 is 0. The Morgan fingerprint density at radius 3 is 3.00 bits per heavy atom. The first-order chi connectivity index (χ1) is 9.60. The zero-order valence-corrected chi connectivity index (χ0v) is 12.8. The molecule has 0 aliphatic carbocycles. The Labute approximate surface area is 122 Å². The molecule has 3 nitrogen and oxygen atoms in total. The van der Waals surface area contributed by atoms with Gasteiger partial charge >= 0.3 is 0 Å². The van der Waals surface area contributed by atoms with Gasteiger partial charge in [0.25, 0.3) is 0 Å². The number of carbonyl (C=O) groups excluding carboxylic acids is 1. The second-order valence-electron chi connectivity index (χ2n) is 5.95. The molecule has 1 saturated heterocycles. The molecule has 1 aromatic rings. The van der Waals surface area contributed by atoms with Crippen LogP contribution in [0.5, 0.6) is 0 Å². The van der Waals surface area contributed by atoms with E-state index in [0.29, 0.717) is 5.92 Å². The minimum atomic E-state index is -0.0269. The number of carbonyl (C=O) groups is 1. The maximum atomic E-state index is 12.4. The van der Waals surface area contributed by atoms with Crippen LogP contribution in [0.2, 0.25) is 0 Å². The standard InChI is InChI=1S/C17H26N2O/c1-4-14-8-9-18-16(11-14)17(20)19-13(3)15-7-5-6-12(2)10-15/h5-7,10,13-14,16,18H,4,8-9,11H2,1-3H3,(H,19,20)/t13-,14?,16?/m0/s1. The third kappa shape index (κ3) is 3.83. The predicted octanol–water partition coefficient (Wildman–Crippen LogP) is 2.95. The van der Waals surface area contributed by atoms with Crippen LogP contribution in [-0.2, 0) is 4.79 Å². The molecule has 3 atom stereocenters. The average Bonchev–Trinajstić information content (AvgIpc) is 2.47. The van der Waals surface area contributed by atoms with E-state index in [-0.39, 0.29) is 18.0 Å². The quantitative estimate of drug-likeness (QED) is 0.886. The van der Waals surface area contributed by atoms with Gasteiger partial charge in [-0.2, -0.15) is 0 Å². The van der Waals surface area contributed by atoms with Crippen molar-refractivity contribution in [1.29, 1.82) is 0 Å². The fourth-order valence-electron chi connectivity index (χ4n) is 2.90. The van der Waals surface area contributed by atoms with Gasteiger partial charge in [0.05, 0.1) is 12.1 Å². The summed E-state index contributed by atoms with van der Waals surface area (Å²) < 4.78 is 0. The average molecular weight is 274 g/mol. The summed E-state index contributed by atoms with van der Waals surface area (Å²) in [5, 5.41) is 6.48. The van der Waals surface area contributed by atoms with Crippen LogP contribution in [0.4, 0.5) is 0 Å². The van der Waals surface area contributed by atoms with E-state index >= 15 is 0 Å². The smallest absolute Gasteiger partial charge is 0.237 e. The van der Waals surface area contributed by atoms with Gasteiger partial charge < -0.3 is 10.6 Å². The molecule has 1 aromatic carbocycles. The molecule has 0 saturated carbocycles. The summed E-state index contributed by atoms with van der Waals surface area (Å²) in [6.45, 7) is 7.29. The van der Waals surface area contributed by atoms with E-state index < -0.39 is 0 Å². The minimum absolute atomic E-state index is 0.0269. The lowest BCUT2D eigenvalue weighted by molar-refractivity contribution is -0.124. The Morgan fingerprint density at radius 2 is 2.30 bits per heavy atom. The van der Waals surface area contributed by atoms with Gasteiger partial charge in [-0.1, -0.05) is 43.2 Å². The van der Waals surface area contributed by atoms with Crippen molar-refractivity contribution in [1.82, 2.24) is 10.6 Å². The van der Waals surface area contributed by atoms with Gasteiger partial charge in [0.2, 0.25) is 5.91 Å². The lowest BCUT2D eigenvalue weighted by Crippen LogP contribution is -2.49. The number of aryl methyl sites for hydroxylation is 1. The zero-order valence-electron chi connectivity index (χ0n) is 12.8. The Bertz CT molecular complexity index is 458. The minimum Gasteiger partial charge on any atom is -0.348 e. The number of hydrogen-bond donors (Lipinski definition) is 2. The number of rotatable bonds is 4. The normalized spacial score (nSPS) is 24.1. The molecule has 3 heteroatoms. The SMILES string of the molecule is CCC1CCNC(C(=O)N[C@@H](C)c2cccc(C)c2)C1. The van der Waals surface area contributed by atoms with Gasteiger partial charge in [-0.25, -0.2) is 0 Å². The van der Waals surface area contributed by atoms with E-state index in [2.05, 4.69) is 42.7 Å². The predicted molar refractivity (Wildman–Crippen MR) is 82.5 cm³/mol. The summed E-state index contributed by atoms with van der Waals surface area (Å²) in [5.41, 5.74) is 2.40. The largest absolute Gasteiger partial charge is 0.348 e. The molecule has 20 heavy (non-hydrogen) atoms. The Balaban J connectivity index is 1.93. The molecule has 1 aliphatic rings. The summed E-state index contributed by atoms with van der Waals surface area (Å²) in [4.78, 5) is 12.4. The fourth-order valence-corrected chi connectivity index (χ4v) is 2.90. The highest BCUT2D eigenvalue weighted by molar-refractivity contribution is 5.82. The van der Waals surface area contributed by atoms with Crippen molar-refractivity contribution >= 4 is 5.91 Å². The van der Waals surface area contributed by atoms with Gasteiger partial charge in [0.15, 0.2) is 0 Å². The van der Waals surface area contributed by atoms with Crippen LogP contribution in [-0.4, -0.2) is 18.5 Å². The van der Waals surface area contributed by atoms with Crippen LogP contribution < -0.4 is 10.6 Å². The van der Waals surface area contributed by atoms with Crippen molar-refractivity contribution < 1.29 is 4.79 Å². The molecule has 0 spiro atoms. The lowest BCUT2D eigenvalue weighted by Gasteiger charge is -2.30. The van der Waals surface area contributed by atoms with Crippen LogP contribution in [0, 0.1) is 12.8 Å². The first kappa shape index (κ1) is 15.0. The lowest BCUT2D eigenvalue weighted by atomic mass is 9.90. The Kier molecular flexibility index (Phi) is 5.18. The molecule has 1 amide bonds. The molecule has 2 rings (SSSR count). The molecule has 110 valence electrons. The van der Waals surface area contributed by atoms with Crippen molar-refractivity contribution in [3.63, 3.8) is 0 Å². The first-order valence-corrected chi connectivity index (χ1v) is 7.70. The summed E-state index contributed by atoms with van der Waals surface area (Å²) in [6, 6.07) is 8.35. The molecule has 0 radical (unpaired) electrons. The van der Waals surface area contributed by atoms with Crippen molar-refractivity contribution in [2.75, 3.05) is 6.54 Å². The monoisotopic (exact) mass is 274 g/mol. The van der Waals surface area contributed by atoms with Gasteiger partial charge in [0, 0.05) is 0 Å². The molecular formula is C17H26N2O. The maximum Gasteiger partial charge on any atom is 0.237 e. The fraction of sp³-hybridized carbons (Fsp3) is 0.588. The third-order valence-electron chi connectivity index (χ3n) is 4.31. The summed E-state index contributed by atoms with van der Waals surface area (Å²) in [6.07, 6.45) is 3.31. The van der Waals surface area contributed by atoms with E-state index in [1.165, 1.54) is 24.0 Å². The number of nitrogens with one attached hydrogen (secondary N) is 2. The maximum absolute atomic E-state index is 12.4. The second kappa shape index (κ2) is 6.89. The van der Waals surface area contributed by atoms with Crippen LogP contribution in [0.15, 0.2) is 24.3 Å². The van der Waals surface area contributed by atoms with E-state index in [9.17, 15) is 4.79 Å². The molecule has 1 fully saturated rings. The van der Waals surface area contributed by atoms with Gasteiger partial charge in [-0.15, -0.1) is 0 Å². The highest BCUT2D eigenvalue weighted by Crippen LogP contribution is 2.20. The van der Waals surface area contributed by atoms with Crippen LogP contribution in [0.25, 0.3) is 0 Å². The molecule has 1 aliphatic heterocycles. The van der Waals surface area contributed by atoms with Crippen molar-refractivity contribution in [2.45, 2.75) is 52.1 Å². The summed E-state index contributed by atoms with van der Waals surface area (Å²) in [5.74, 6) is 0.818. The van der Waals surface area contributed by atoms with E-state index in [1.54, 1.807) is 0 Å². The molecule has 0 aromatic heterocycles. The zero-order chi connectivity index (χ0) is 14.5. The highest BCUT2D eigenvalue weighted by atomic mass is 16.2.